The van der Waals surface area contributed by atoms with Crippen LogP contribution in [0, 0.1) is 5.92 Å². The van der Waals surface area contributed by atoms with Crippen LogP contribution < -0.4 is 5.73 Å². The molecule has 1 fully saturated rings. The molecule has 10 heavy (non-hydrogen) atoms. The summed E-state index contributed by atoms with van der Waals surface area (Å²) in [6.07, 6.45) is 2.87. The predicted octanol–water partition coefficient (Wildman–Crippen LogP) is 0.0228. The van der Waals surface area contributed by atoms with E-state index in [9.17, 15) is 4.79 Å². The van der Waals surface area contributed by atoms with Gasteiger partial charge in [0.25, 0.3) is 0 Å². The van der Waals surface area contributed by atoms with E-state index in [2.05, 4.69) is 0 Å². The SMILES string of the molecule is NC(=O)C1CCCC(O)C1. The lowest BCUT2D eigenvalue weighted by atomic mass is 9.87. The van der Waals surface area contributed by atoms with Gasteiger partial charge in [0.1, 0.15) is 0 Å². The molecule has 0 saturated heterocycles. The normalized spacial score (nSPS) is 33.7. The topological polar surface area (TPSA) is 63.3 Å². The molecule has 3 heteroatoms. The second kappa shape index (κ2) is 3.01. The minimum atomic E-state index is -0.300. The molecule has 2 unspecified atom stereocenters. The number of aliphatic hydroxyl groups is 1. The first-order valence-corrected chi connectivity index (χ1v) is 3.67. The summed E-state index contributed by atoms with van der Waals surface area (Å²) in [6.45, 7) is 0. The molecule has 0 bridgehead atoms. The quantitative estimate of drug-likeness (QED) is 0.543. The maximum atomic E-state index is 10.6. The van der Waals surface area contributed by atoms with Crippen LogP contribution in [0.5, 0.6) is 0 Å². The first-order valence-electron chi connectivity index (χ1n) is 3.67. The zero-order chi connectivity index (χ0) is 7.56. The Morgan fingerprint density at radius 2 is 2.20 bits per heavy atom. The summed E-state index contributed by atoms with van der Waals surface area (Å²) in [7, 11) is 0. The predicted molar refractivity (Wildman–Crippen MR) is 37.2 cm³/mol. The highest BCUT2D eigenvalue weighted by molar-refractivity contribution is 5.76. The Balaban J connectivity index is 2.39. The van der Waals surface area contributed by atoms with E-state index in [0.29, 0.717) is 6.42 Å². The van der Waals surface area contributed by atoms with Crippen molar-refractivity contribution < 1.29 is 9.90 Å². The van der Waals surface area contributed by atoms with E-state index in [-0.39, 0.29) is 17.9 Å². The molecular formula is C7H13NO2. The van der Waals surface area contributed by atoms with Crippen LogP contribution in [0.1, 0.15) is 25.7 Å². The van der Waals surface area contributed by atoms with E-state index in [1.165, 1.54) is 0 Å². The first kappa shape index (κ1) is 7.54. The van der Waals surface area contributed by atoms with Crippen molar-refractivity contribution in [1.29, 1.82) is 0 Å². The van der Waals surface area contributed by atoms with Crippen LogP contribution >= 0.6 is 0 Å². The van der Waals surface area contributed by atoms with Crippen LogP contribution in [0.4, 0.5) is 0 Å². The lowest BCUT2D eigenvalue weighted by molar-refractivity contribution is -0.123. The molecule has 0 heterocycles. The van der Waals surface area contributed by atoms with E-state index < -0.39 is 0 Å². The van der Waals surface area contributed by atoms with Gasteiger partial charge in [-0.15, -0.1) is 0 Å². The standard InChI is InChI=1S/C7H13NO2/c8-7(10)5-2-1-3-6(9)4-5/h5-6,9H,1-4H2,(H2,8,10). The van der Waals surface area contributed by atoms with E-state index in [0.717, 1.165) is 19.3 Å². The lowest BCUT2D eigenvalue weighted by Crippen LogP contribution is -2.30. The van der Waals surface area contributed by atoms with Gasteiger partial charge in [-0.05, 0) is 19.3 Å². The zero-order valence-corrected chi connectivity index (χ0v) is 5.92. The van der Waals surface area contributed by atoms with Crippen molar-refractivity contribution in [2.75, 3.05) is 0 Å². The van der Waals surface area contributed by atoms with Crippen molar-refractivity contribution in [3.8, 4) is 0 Å². The molecular weight excluding hydrogens is 130 g/mol. The second-order valence-electron chi connectivity index (χ2n) is 2.92. The van der Waals surface area contributed by atoms with E-state index in [1.54, 1.807) is 0 Å². The third-order valence-electron chi connectivity index (χ3n) is 2.05. The molecule has 0 aromatic rings. The van der Waals surface area contributed by atoms with Crippen molar-refractivity contribution in [3.63, 3.8) is 0 Å². The van der Waals surface area contributed by atoms with Gasteiger partial charge in [-0.25, -0.2) is 0 Å². The van der Waals surface area contributed by atoms with Gasteiger partial charge in [-0.1, -0.05) is 6.42 Å². The third kappa shape index (κ3) is 1.70. The number of nitrogens with two attached hydrogens (primary N) is 1. The smallest absolute Gasteiger partial charge is 0.220 e. The summed E-state index contributed by atoms with van der Waals surface area (Å²) in [5, 5.41) is 9.12. The number of amides is 1. The molecule has 58 valence electrons. The molecule has 0 aromatic carbocycles. The molecule has 1 rings (SSSR count). The van der Waals surface area contributed by atoms with Gasteiger partial charge < -0.3 is 10.8 Å². The van der Waals surface area contributed by atoms with Crippen LogP contribution in [0.3, 0.4) is 0 Å². The zero-order valence-electron chi connectivity index (χ0n) is 5.92. The minimum absolute atomic E-state index is 0.0799. The van der Waals surface area contributed by atoms with Crippen LogP contribution in [0.15, 0.2) is 0 Å². The fourth-order valence-corrected chi connectivity index (χ4v) is 1.42. The molecule has 1 aliphatic carbocycles. The minimum Gasteiger partial charge on any atom is -0.393 e. The van der Waals surface area contributed by atoms with Gasteiger partial charge >= 0.3 is 0 Å². The van der Waals surface area contributed by atoms with Crippen LogP contribution in [-0.2, 0) is 4.79 Å². The van der Waals surface area contributed by atoms with Crippen LogP contribution in [0.2, 0.25) is 0 Å². The Labute approximate surface area is 60.2 Å². The van der Waals surface area contributed by atoms with E-state index in [4.69, 9.17) is 10.8 Å². The molecule has 1 aliphatic rings. The summed E-state index contributed by atoms with van der Waals surface area (Å²) in [4.78, 5) is 10.6. The fourth-order valence-electron chi connectivity index (χ4n) is 1.42. The van der Waals surface area contributed by atoms with Gasteiger partial charge in [-0.3, -0.25) is 4.79 Å². The number of primary amides is 1. The molecule has 2 atom stereocenters. The van der Waals surface area contributed by atoms with Crippen LogP contribution in [-0.4, -0.2) is 17.1 Å². The number of aliphatic hydroxyl groups excluding tert-OH is 1. The Morgan fingerprint density at radius 3 is 2.60 bits per heavy atom. The summed E-state index contributed by atoms with van der Waals surface area (Å²) in [6, 6.07) is 0. The van der Waals surface area contributed by atoms with Gasteiger partial charge in [-0.2, -0.15) is 0 Å². The number of carbonyl (C=O) groups is 1. The Hall–Kier alpha value is -0.570. The summed E-state index contributed by atoms with van der Waals surface area (Å²) in [5.74, 6) is -0.345. The number of rotatable bonds is 1. The maximum absolute atomic E-state index is 10.6. The molecule has 3 N–H and O–H groups in total. The molecule has 0 spiro atoms. The molecule has 0 aliphatic heterocycles. The Morgan fingerprint density at radius 1 is 1.50 bits per heavy atom. The summed E-state index contributed by atoms with van der Waals surface area (Å²) >= 11 is 0. The summed E-state index contributed by atoms with van der Waals surface area (Å²) in [5.41, 5.74) is 5.08. The molecule has 1 saturated carbocycles. The van der Waals surface area contributed by atoms with Gasteiger partial charge in [0, 0.05) is 5.92 Å². The highest BCUT2D eigenvalue weighted by Crippen LogP contribution is 2.23. The molecule has 0 aromatic heterocycles. The Bertz CT molecular complexity index is 136. The van der Waals surface area contributed by atoms with E-state index in [1.807, 2.05) is 0 Å². The number of hydrogen-bond donors (Lipinski definition) is 2. The maximum Gasteiger partial charge on any atom is 0.220 e. The third-order valence-corrected chi connectivity index (χ3v) is 2.05. The van der Waals surface area contributed by atoms with Crippen molar-refractivity contribution in [3.05, 3.63) is 0 Å². The van der Waals surface area contributed by atoms with Gasteiger partial charge in [0.15, 0.2) is 0 Å². The second-order valence-corrected chi connectivity index (χ2v) is 2.92. The highest BCUT2D eigenvalue weighted by Gasteiger charge is 2.23. The number of carbonyl (C=O) groups excluding carboxylic acids is 1. The van der Waals surface area contributed by atoms with Crippen molar-refractivity contribution in [1.82, 2.24) is 0 Å². The fraction of sp³-hybridized carbons (Fsp3) is 0.857. The lowest BCUT2D eigenvalue weighted by Gasteiger charge is -2.22. The average Bonchev–Trinajstić information content (AvgIpc) is 1.88. The van der Waals surface area contributed by atoms with Gasteiger partial charge in [0.2, 0.25) is 5.91 Å². The van der Waals surface area contributed by atoms with Crippen LogP contribution in [0.25, 0.3) is 0 Å². The van der Waals surface area contributed by atoms with Crippen molar-refractivity contribution in [2.45, 2.75) is 31.8 Å². The molecule has 0 radical (unpaired) electrons. The Kier molecular flexibility index (Phi) is 2.27. The molecule has 1 amide bonds. The van der Waals surface area contributed by atoms with Gasteiger partial charge in [0.05, 0.1) is 6.10 Å². The van der Waals surface area contributed by atoms with E-state index >= 15 is 0 Å². The average molecular weight is 143 g/mol. The number of hydrogen-bond acceptors (Lipinski definition) is 2. The van der Waals surface area contributed by atoms with Crippen molar-refractivity contribution in [2.24, 2.45) is 11.7 Å². The first-order chi connectivity index (χ1) is 4.70. The largest absolute Gasteiger partial charge is 0.393 e. The monoisotopic (exact) mass is 143 g/mol. The summed E-state index contributed by atoms with van der Waals surface area (Å²) < 4.78 is 0. The highest BCUT2D eigenvalue weighted by atomic mass is 16.3. The van der Waals surface area contributed by atoms with Crippen molar-refractivity contribution >= 4 is 5.91 Å². The molecule has 3 nitrogen and oxygen atoms in total.